The monoisotopic (exact) mass is 384 g/mol. The Kier molecular flexibility index (Phi) is 4.46. The quantitative estimate of drug-likeness (QED) is 0.518. The van der Waals surface area contributed by atoms with Crippen LogP contribution >= 0.6 is 33.9 Å². The van der Waals surface area contributed by atoms with Crippen LogP contribution in [0, 0.1) is 2.88 Å². The Bertz CT molecular complexity index is 581. The number of ketones is 1. The number of thiophene rings is 1. The van der Waals surface area contributed by atoms with Crippen LogP contribution in [-0.4, -0.2) is 5.78 Å². The molecule has 0 radical (unpaired) electrons. The summed E-state index contributed by atoms with van der Waals surface area (Å²) in [5, 5.41) is 1.92. The van der Waals surface area contributed by atoms with Crippen LogP contribution in [0.15, 0.2) is 35.7 Å². The number of hydrogen-bond donors (Lipinski definition) is 0. The van der Waals surface area contributed by atoms with Gasteiger partial charge in [-0.2, -0.15) is 0 Å². The van der Waals surface area contributed by atoms with Gasteiger partial charge in [-0.05, 0) is 46.1 Å². The Morgan fingerprint density at radius 2 is 1.84 bits per heavy atom. The van der Waals surface area contributed by atoms with Crippen LogP contribution in [0.5, 0.6) is 0 Å². The molecular formula is C16H17IOS. The van der Waals surface area contributed by atoms with Gasteiger partial charge < -0.3 is 0 Å². The fourth-order valence-corrected chi connectivity index (χ4v) is 3.20. The molecule has 0 saturated carbocycles. The molecule has 0 unspecified atom stereocenters. The maximum atomic E-state index is 12.3. The number of carbonyl (C=O) groups is 1. The molecule has 0 atom stereocenters. The van der Waals surface area contributed by atoms with Crippen molar-refractivity contribution >= 4 is 39.7 Å². The molecule has 0 aliphatic rings. The summed E-state index contributed by atoms with van der Waals surface area (Å²) in [6.45, 7) is 6.64. The molecule has 1 heterocycles. The van der Waals surface area contributed by atoms with Gasteiger partial charge in [0.15, 0.2) is 5.78 Å². The van der Waals surface area contributed by atoms with Gasteiger partial charge in [0.25, 0.3) is 0 Å². The summed E-state index contributed by atoms with van der Waals surface area (Å²) in [4.78, 5) is 12.3. The molecule has 0 N–H and O–H groups in total. The van der Waals surface area contributed by atoms with E-state index in [4.69, 9.17) is 0 Å². The van der Waals surface area contributed by atoms with E-state index in [0.717, 1.165) is 20.4 Å². The highest BCUT2D eigenvalue weighted by Gasteiger charge is 2.18. The lowest BCUT2D eigenvalue weighted by molar-refractivity contribution is 0.103. The van der Waals surface area contributed by atoms with Gasteiger partial charge in [-0.3, -0.25) is 4.79 Å². The summed E-state index contributed by atoms with van der Waals surface area (Å²) >= 11 is 3.84. The molecule has 0 aliphatic carbocycles. The van der Waals surface area contributed by atoms with Gasteiger partial charge >= 0.3 is 0 Å². The third-order valence-corrected chi connectivity index (χ3v) is 5.43. The van der Waals surface area contributed by atoms with E-state index in [0.29, 0.717) is 0 Å². The highest BCUT2D eigenvalue weighted by atomic mass is 127. The fourth-order valence-electron chi connectivity index (χ4n) is 1.87. The Balaban J connectivity index is 2.26. The van der Waals surface area contributed by atoms with Crippen LogP contribution in [-0.2, 0) is 5.41 Å². The molecule has 0 aliphatic heterocycles. The van der Waals surface area contributed by atoms with Crippen molar-refractivity contribution in [3.8, 4) is 0 Å². The zero-order valence-electron chi connectivity index (χ0n) is 11.4. The third kappa shape index (κ3) is 3.26. The van der Waals surface area contributed by atoms with Crippen LogP contribution in [0.4, 0.5) is 0 Å². The SMILES string of the molecule is CCC(C)(C)c1ccc(C(=O)c2csc(I)c2)cc1. The summed E-state index contributed by atoms with van der Waals surface area (Å²) < 4.78 is 1.14. The van der Waals surface area contributed by atoms with Crippen molar-refractivity contribution in [1.29, 1.82) is 0 Å². The highest BCUT2D eigenvalue weighted by molar-refractivity contribution is 14.1. The second-order valence-electron chi connectivity index (χ2n) is 5.28. The number of halogens is 1. The van der Waals surface area contributed by atoms with Crippen molar-refractivity contribution in [3.05, 3.63) is 55.3 Å². The number of hydrogen-bond acceptors (Lipinski definition) is 2. The van der Waals surface area contributed by atoms with E-state index < -0.39 is 0 Å². The first kappa shape index (κ1) is 14.7. The van der Waals surface area contributed by atoms with E-state index in [1.165, 1.54) is 5.56 Å². The zero-order chi connectivity index (χ0) is 14.0. The standard InChI is InChI=1S/C16H17IOS/c1-4-16(2,3)13-7-5-11(6-8-13)15(18)12-9-14(17)19-10-12/h5-10H,4H2,1-3H3. The van der Waals surface area contributed by atoms with Gasteiger partial charge in [0.1, 0.15) is 0 Å². The maximum Gasteiger partial charge on any atom is 0.193 e. The Labute approximate surface area is 132 Å². The molecule has 2 aromatic rings. The second kappa shape index (κ2) is 5.75. The first-order valence-electron chi connectivity index (χ1n) is 6.33. The van der Waals surface area contributed by atoms with Crippen molar-refractivity contribution in [2.24, 2.45) is 0 Å². The summed E-state index contributed by atoms with van der Waals surface area (Å²) in [6, 6.07) is 9.98. The molecule has 0 amide bonds. The largest absolute Gasteiger partial charge is 0.289 e. The molecule has 0 spiro atoms. The predicted octanol–water partition coefficient (Wildman–Crippen LogP) is 5.27. The van der Waals surface area contributed by atoms with E-state index in [1.54, 1.807) is 11.3 Å². The van der Waals surface area contributed by atoms with Gasteiger partial charge in [0.2, 0.25) is 0 Å². The Morgan fingerprint density at radius 1 is 1.21 bits per heavy atom. The van der Waals surface area contributed by atoms with Gasteiger partial charge in [0.05, 0.1) is 2.88 Å². The zero-order valence-corrected chi connectivity index (χ0v) is 14.3. The van der Waals surface area contributed by atoms with E-state index in [-0.39, 0.29) is 11.2 Å². The van der Waals surface area contributed by atoms with Crippen molar-refractivity contribution in [3.63, 3.8) is 0 Å². The molecule has 3 heteroatoms. The summed E-state index contributed by atoms with van der Waals surface area (Å²) in [6.07, 6.45) is 1.09. The Hall–Kier alpha value is -0.680. The molecule has 0 saturated heterocycles. The third-order valence-electron chi connectivity index (χ3n) is 3.64. The van der Waals surface area contributed by atoms with Crippen LogP contribution in [0.3, 0.4) is 0 Å². The maximum absolute atomic E-state index is 12.3. The van der Waals surface area contributed by atoms with Gasteiger partial charge in [0, 0.05) is 16.5 Å². The van der Waals surface area contributed by atoms with Crippen molar-refractivity contribution in [2.45, 2.75) is 32.6 Å². The van der Waals surface area contributed by atoms with Crippen LogP contribution in [0.25, 0.3) is 0 Å². The minimum Gasteiger partial charge on any atom is -0.289 e. The van der Waals surface area contributed by atoms with E-state index in [1.807, 2.05) is 23.6 Å². The van der Waals surface area contributed by atoms with Gasteiger partial charge in [-0.1, -0.05) is 45.0 Å². The fraction of sp³-hybridized carbons (Fsp3) is 0.312. The molecule has 19 heavy (non-hydrogen) atoms. The first-order valence-corrected chi connectivity index (χ1v) is 8.29. The summed E-state index contributed by atoms with van der Waals surface area (Å²) in [5.41, 5.74) is 3.01. The minimum atomic E-state index is 0.111. The van der Waals surface area contributed by atoms with Crippen molar-refractivity contribution in [1.82, 2.24) is 0 Å². The Morgan fingerprint density at radius 3 is 2.32 bits per heavy atom. The average Bonchev–Trinajstić information content (AvgIpc) is 2.85. The molecule has 1 aromatic heterocycles. The lowest BCUT2D eigenvalue weighted by Gasteiger charge is -2.23. The first-order chi connectivity index (χ1) is 8.94. The predicted molar refractivity (Wildman–Crippen MR) is 90.2 cm³/mol. The lowest BCUT2D eigenvalue weighted by Crippen LogP contribution is -2.15. The molecule has 100 valence electrons. The van der Waals surface area contributed by atoms with Crippen LogP contribution < -0.4 is 0 Å². The summed E-state index contributed by atoms with van der Waals surface area (Å²) in [5.74, 6) is 0.111. The number of benzene rings is 1. The lowest BCUT2D eigenvalue weighted by atomic mass is 9.82. The molecular weight excluding hydrogens is 367 g/mol. The van der Waals surface area contributed by atoms with Crippen molar-refractivity contribution < 1.29 is 4.79 Å². The normalized spacial score (nSPS) is 11.6. The van der Waals surface area contributed by atoms with E-state index in [9.17, 15) is 4.79 Å². The summed E-state index contributed by atoms with van der Waals surface area (Å²) in [7, 11) is 0. The van der Waals surface area contributed by atoms with Crippen LogP contribution in [0.2, 0.25) is 0 Å². The van der Waals surface area contributed by atoms with Gasteiger partial charge in [-0.15, -0.1) is 11.3 Å². The molecule has 1 nitrogen and oxygen atoms in total. The van der Waals surface area contributed by atoms with E-state index in [2.05, 4.69) is 55.5 Å². The molecule has 1 aromatic carbocycles. The average molecular weight is 384 g/mol. The number of carbonyl (C=O) groups excluding carboxylic acids is 1. The minimum absolute atomic E-state index is 0.111. The van der Waals surface area contributed by atoms with Gasteiger partial charge in [-0.25, -0.2) is 0 Å². The number of rotatable bonds is 4. The highest BCUT2D eigenvalue weighted by Crippen LogP contribution is 2.27. The van der Waals surface area contributed by atoms with Crippen LogP contribution in [0.1, 0.15) is 48.7 Å². The van der Waals surface area contributed by atoms with E-state index >= 15 is 0 Å². The second-order valence-corrected chi connectivity index (χ2v) is 8.09. The smallest absolute Gasteiger partial charge is 0.193 e. The molecule has 0 fully saturated rings. The molecule has 0 bridgehead atoms. The van der Waals surface area contributed by atoms with Crippen molar-refractivity contribution in [2.75, 3.05) is 0 Å². The topological polar surface area (TPSA) is 17.1 Å². The molecule has 2 rings (SSSR count).